The average molecular weight is 226 g/mol. The van der Waals surface area contributed by atoms with Crippen LogP contribution in [0.3, 0.4) is 0 Å². The van der Waals surface area contributed by atoms with Crippen LogP contribution in [0.5, 0.6) is 0 Å². The SMILES string of the molecule is CCCN(CCCN)c1ncnc(C)c1F. The molecule has 90 valence electrons. The van der Waals surface area contributed by atoms with Gasteiger partial charge in [-0.3, -0.25) is 0 Å². The lowest BCUT2D eigenvalue weighted by Gasteiger charge is -2.23. The van der Waals surface area contributed by atoms with Crippen molar-refractivity contribution in [1.82, 2.24) is 9.97 Å². The van der Waals surface area contributed by atoms with Gasteiger partial charge in [0.1, 0.15) is 6.33 Å². The first-order valence-electron chi connectivity index (χ1n) is 5.62. The lowest BCUT2D eigenvalue weighted by atomic mass is 10.3. The van der Waals surface area contributed by atoms with Crippen molar-refractivity contribution in [3.63, 3.8) is 0 Å². The van der Waals surface area contributed by atoms with Gasteiger partial charge in [0.25, 0.3) is 0 Å². The summed E-state index contributed by atoms with van der Waals surface area (Å²) in [6.45, 7) is 5.83. The van der Waals surface area contributed by atoms with Gasteiger partial charge in [-0.25, -0.2) is 14.4 Å². The highest BCUT2D eigenvalue weighted by Gasteiger charge is 2.14. The summed E-state index contributed by atoms with van der Waals surface area (Å²) in [4.78, 5) is 9.76. The van der Waals surface area contributed by atoms with Crippen LogP contribution >= 0.6 is 0 Å². The maximum atomic E-state index is 13.8. The van der Waals surface area contributed by atoms with Crippen LogP contribution in [-0.4, -0.2) is 29.6 Å². The molecule has 0 saturated heterocycles. The molecule has 0 aromatic carbocycles. The molecule has 0 aliphatic rings. The van der Waals surface area contributed by atoms with Crippen LogP contribution in [0.25, 0.3) is 0 Å². The summed E-state index contributed by atoms with van der Waals surface area (Å²) >= 11 is 0. The van der Waals surface area contributed by atoms with E-state index >= 15 is 0 Å². The van der Waals surface area contributed by atoms with E-state index in [0.29, 0.717) is 18.1 Å². The molecule has 16 heavy (non-hydrogen) atoms. The predicted molar refractivity (Wildman–Crippen MR) is 62.9 cm³/mol. The molecule has 0 bridgehead atoms. The first-order chi connectivity index (χ1) is 7.70. The second kappa shape index (κ2) is 6.37. The second-order valence-corrected chi connectivity index (χ2v) is 3.73. The van der Waals surface area contributed by atoms with Crippen LogP contribution in [-0.2, 0) is 0 Å². The Balaban J connectivity index is 2.86. The minimum Gasteiger partial charge on any atom is -0.354 e. The highest BCUT2D eigenvalue weighted by Crippen LogP contribution is 2.17. The Morgan fingerprint density at radius 3 is 2.75 bits per heavy atom. The first-order valence-corrected chi connectivity index (χ1v) is 5.62. The molecule has 1 aromatic rings. The Bertz CT molecular complexity index is 330. The van der Waals surface area contributed by atoms with Crippen LogP contribution in [0.1, 0.15) is 25.5 Å². The summed E-state index contributed by atoms with van der Waals surface area (Å²) in [6, 6.07) is 0. The van der Waals surface area contributed by atoms with Crippen molar-refractivity contribution >= 4 is 5.82 Å². The standard InChI is InChI=1S/C11H19FN4/c1-3-6-16(7-4-5-13)11-10(12)9(2)14-8-15-11/h8H,3-7,13H2,1-2H3. The van der Waals surface area contributed by atoms with Crippen LogP contribution in [0.15, 0.2) is 6.33 Å². The van der Waals surface area contributed by atoms with E-state index in [9.17, 15) is 4.39 Å². The molecular formula is C11H19FN4. The van der Waals surface area contributed by atoms with Crippen molar-refractivity contribution < 1.29 is 4.39 Å². The number of nitrogens with two attached hydrogens (primary N) is 1. The van der Waals surface area contributed by atoms with Gasteiger partial charge in [0, 0.05) is 13.1 Å². The molecule has 0 atom stereocenters. The normalized spacial score (nSPS) is 10.5. The number of aromatic nitrogens is 2. The fraction of sp³-hybridized carbons (Fsp3) is 0.636. The highest BCUT2D eigenvalue weighted by molar-refractivity contribution is 5.40. The van der Waals surface area contributed by atoms with Gasteiger partial charge < -0.3 is 10.6 Å². The summed E-state index contributed by atoms with van der Waals surface area (Å²) in [5.41, 5.74) is 5.85. The maximum Gasteiger partial charge on any atom is 0.186 e. The quantitative estimate of drug-likeness (QED) is 0.798. The van der Waals surface area contributed by atoms with Gasteiger partial charge in [0.05, 0.1) is 5.69 Å². The molecule has 0 aliphatic carbocycles. The molecule has 0 radical (unpaired) electrons. The van der Waals surface area contributed by atoms with Gasteiger partial charge in [0.2, 0.25) is 0 Å². The molecule has 0 spiro atoms. The molecule has 2 N–H and O–H groups in total. The van der Waals surface area contributed by atoms with Gasteiger partial charge in [-0.1, -0.05) is 6.92 Å². The predicted octanol–water partition coefficient (Wildman–Crippen LogP) is 1.49. The Hall–Kier alpha value is -1.23. The zero-order chi connectivity index (χ0) is 12.0. The monoisotopic (exact) mass is 226 g/mol. The van der Waals surface area contributed by atoms with E-state index in [1.54, 1.807) is 6.92 Å². The van der Waals surface area contributed by atoms with Crippen molar-refractivity contribution in [3.8, 4) is 0 Å². The molecule has 0 aliphatic heterocycles. The van der Waals surface area contributed by atoms with E-state index in [1.165, 1.54) is 6.33 Å². The van der Waals surface area contributed by atoms with Crippen LogP contribution in [0, 0.1) is 12.7 Å². The third kappa shape index (κ3) is 3.13. The van der Waals surface area contributed by atoms with Gasteiger partial charge in [-0.05, 0) is 26.3 Å². The van der Waals surface area contributed by atoms with E-state index in [1.807, 2.05) is 4.90 Å². The minimum absolute atomic E-state index is 0.326. The number of halogens is 1. The van der Waals surface area contributed by atoms with E-state index in [4.69, 9.17) is 5.73 Å². The zero-order valence-corrected chi connectivity index (χ0v) is 9.91. The lowest BCUT2D eigenvalue weighted by Crippen LogP contribution is -2.29. The number of rotatable bonds is 6. The molecule has 1 aromatic heterocycles. The van der Waals surface area contributed by atoms with Crippen LogP contribution < -0.4 is 10.6 Å². The topological polar surface area (TPSA) is 55.0 Å². The number of hydrogen-bond donors (Lipinski definition) is 1. The highest BCUT2D eigenvalue weighted by atomic mass is 19.1. The fourth-order valence-corrected chi connectivity index (χ4v) is 1.54. The Kier molecular flexibility index (Phi) is 5.11. The maximum absolute atomic E-state index is 13.8. The molecule has 0 fully saturated rings. The van der Waals surface area contributed by atoms with Crippen molar-refractivity contribution in [2.45, 2.75) is 26.7 Å². The summed E-state index contributed by atoms with van der Waals surface area (Å²) in [5.74, 6) is 0.0655. The van der Waals surface area contributed by atoms with Crippen molar-refractivity contribution in [1.29, 1.82) is 0 Å². The van der Waals surface area contributed by atoms with Gasteiger partial charge in [-0.15, -0.1) is 0 Å². The minimum atomic E-state index is -0.326. The smallest absolute Gasteiger partial charge is 0.186 e. The Labute approximate surface area is 95.7 Å². The summed E-state index contributed by atoms with van der Waals surface area (Å²) in [7, 11) is 0. The summed E-state index contributed by atoms with van der Waals surface area (Å²) in [6.07, 6.45) is 3.19. The molecule has 1 heterocycles. The molecule has 1 rings (SSSR count). The van der Waals surface area contributed by atoms with Crippen molar-refractivity contribution in [2.24, 2.45) is 5.73 Å². The third-order valence-electron chi connectivity index (χ3n) is 2.37. The van der Waals surface area contributed by atoms with Crippen molar-refractivity contribution in [3.05, 3.63) is 17.8 Å². The zero-order valence-electron chi connectivity index (χ0n) is 9.91. The number of hydrogen-bond acceptors (Lipinski definition) is 4. The second-order valence-electron chi connectivity index (χ2n) is 3.73. The first kappa shape index (κ1) is 12.8. The molecule has 0 unspecified atom stereocenters. The molecule has 4 nitrogen and oxygen atoms in total. The van der Waals surface area contributed by atoms with Gasteiger partial charge in [-0.2, -0.15) is 0 Å². The van der Waals surface area contributed by atoms with Crippen molar-refractivity contribution in [2.75, 3.05) is 24.5 Å². The molecule has 0 amide bonds. The van der Waals surface area contributed by atoms with E-state index in [2.05, 4.69) is 16.9 Å². The Morgan fingerprint density at radius 2 is 2.12 bits per heavy atom. The van der Waals surface area contributed by atoms with Gasteiger partial charge >= 0.3 is 0 Å². The van der Waals surface area contributed by atoms with E-state index in [-0.39, 0.29) is 5.82 Å². The lowest BCUT2D eigenvalue weighted by molar-refractivity contribution is 0.585. The average Bonchev–Trinajstić information content (AvgIpc) is 2.28. The van der Waals surface area contributed by atoms with Crippen LogP contribution in [0.4, 0.5) is 10.2 Å². The molecule has 0 saturated carbocycles. The largest absolute Gasteiger partial charge is 0.354 e. The number of aryl methyl sites for hydroxylation is 1. The van der Waals surface area contributed by atoms with Crippen LogP contribution in [0.2, 0.25) is 0 Å². The summed E-state index contributed by atoms with van der Waals surface area (Å²) < 4.78 is 13.8. The third-order valence-corrected chi connectivity index (χ3v) is 2.37. The number of nitrogens with zero attached hydrogens (tertiary/aromatic N) is 3. The number of anilines is 1. The van der Waals surface area contributed by atoms with Gasteiger partial charge in [0.15, 0.2) is 11.6 Å². The fourth-order valence-electron chi connectivity index (χ4n) is 1.54. The molecule has 5 heteroatoms. The Morgan fingerprint density at radius 1 is 1.38 bits per heavy atom. The van der Waals surface area contributed by atoms with E-state index in [0.717, 1.165) is 25.9 Å². The molecular weight excluding hydrogens is 207 g/mol. The van der Waals surface area contributed by atoms with E-state index < -0.39 is 0 Å². The summed E-state index contributed by atoms with van der Waals surface area (Å²) in [5, 5.41) is 0.